The van der Waals surface area contributed by atoms with Crippen LogP contribution in [0.2, 0.25) is 0 Å². The summed E-state index contributed by atoms with van der Waals surface area (Å²) in [7, 11) is 0. The molecule has 0 atom stereocenters. The minimum absolute atomic E-state index is 0. The fourth-order valence-corrected chi connectivity index (χ4v) is 2.85. The number of guanidine groups is 1. The lowest BCUT2D eigenvalue weighted by molar-refractivity contribution is -0.137. The van der Waals surface area contributed by atoms with Gasteiger partial charge in [0.2, 0.25) is 0 Å². The predicted octanol–water partition coefficient (Wildman–Crippen LogP) is 4.04. The lowest BCUT2D eigenvalue weighted by Crippen LogP contribution is -2.38. The number of pyridine rings is 1. The lowest BCUT2D eigenvalue weighted by Gasteiger charge is -2.12. The third-order valence-corrected chi connectivity index (χ3v) is 4.33. The quantitative estimate of drug-likeness (QED) is 0.209. The number of aryl methyl sites for hydroxylation is 1. The van der Waals surface area contributed by atoms with E-state index in [-0.39, 0.29) is 24.0 Å². The molecule has 0 bridgehead atoms. The summed E-state index contributed by atoms with van der Waals surface area (Å²) in [6.07, 6.45) is -0.952. The molecule has 6 nitrogen and oxygen atoms in total. The number of nitrogens with one attached hydrogen (secondary N) is 3. The fraction of sp³-hybridized carbons (Fsp3) is 0.471. The first-order valence-electron chi connectivity index (χ1n) is 8.59. The molecular formula is C17H24F3IN6S. The molecule has 0 saturated carbocycles. The van der Waals surface area contributed by atoms with Crippen LogP contribution in [0.5, 0.6) is 0 Å². The molecule has 0 fully saturated rings. The predicted molar refractivity (Wildman–Crippen MR) is 117 cm³/mol. The second-order valence-corrected chi connectivity index (χ2v) is 7.02. The maximum Gasteiger partial charge on any atom is 0.417 e. The first-order valence-corrected chi connectivity index (χ1v) is 9.40. The van der Waals surface area contributed by atoms with E-state index in [1.165, 1.54) is 6.07 Å². The summed E-state index contributed by atoms with van der Waals surface area (Å²) in [5.41, 5.74) is -0.753. The van der Waals surface area contributed by atoms with Crippen molar-refractivity contribution in [2.45, 2.75) is 33.0 Å². The van der Waals surface area contributed by atoms with Gasteiger partial charge in [0, 0.05) is 36.9 Å². The van der Waals surface area contributed by atoms with Crippen molar-refractivity contribution in [1.29, 1.82) is 0 Å². The number of nitrogens with zero attached hydrogens (tertiary/aromatic N) is 3. The number of rotatable bonds is 8. The molecule has 11 heteroatoms. The zero-order valence-electron chi connectivity index (χ0n) is 15.6. The van der Waals surface area contributed by atoms with Gasteiger partial charge in [0.1, 0.15) is 10.8 Å². The van der Waals surface area contributed by atoms with Crippen LogP contribution < -0.4 is 16.0 Å². The molecule has 0 aromatic carbocycles. The molecule has 2 heterocycles. The Morgan fingerprint density at radius 1 is 1.14 bits per heavy atom. The summed E-state index contributed by atoms with van der Waals surface area (Å²) in [5.74, 6) is 1.13. The van der Waals surface area contributed by atoms with E-state index < -0.39 is 11.7 Å². The first kappa shape index (κ1) is 24.4. The number of thiazole rings is 1. The van der Waals surface area contributed by atoms with Gasteiger partial charge in [-0.25, -0.2) is 15.0 Å². The average Bonchev–Trinajstić information content (AvgIpc) is 3.04. The van der Waals surface area contributed by atoms with E-state index in [1.54, 1.807) is 11.3 Å². The van der Waals surface area contributed by atoms with Crippen LogP contribution >= 0.6 is 35.3 Å². The number of halogens is 4. The summed E-state index contributed by atoms with van der Waals surface area (Å²) in [4.78, 5) is 13.7. The van der Waals surface area contributed by atoms with E-state index >= 15 is 0 Å². The number of hydrogen-bond acceptors (Lipinski definition) is 5. The van der Waals surface area contributed by atoms with E-state index in [0.29, 0.717) is 31.4 Å². The highest BCUT2D eigenvalue weighted by molar-refractivity contribution is 14.0. The molecule has 0 aliphatic carbocycles. The summed E-state index contributed by atoms with van der Waals surface area (Å²) in [6.45, 7) is 6.50. The molecule has 3 N–H and O–H groups in total. The minimum atomic E-state index is -4.37. The van der Waals surface area contributed by atoms with E-state index in [2.05, 4.69) is 30.9 Å². The van der Waals surface area contributed by atoms with E-state index in [1.807, 2.05) is 20.0 Å². The van der Waals surface area contributed by atoms with Gasteiger partial charge in [0.05, 0.1) is 12.1 Å². The SMILES string of the molecule is CCNC(=NCc1ncc(C)s1)NCCCNc1ccc(C(F)(F)F)cn1.I. The standard InChI is InChI=1S/C17H23F3N6S.HI/c1-3-21-16(26-11-15-25-9-12(2)27-15)23-8-4-7-22-14-6-5-13(10-24-14)17(18,19)20;/h5-6,9-10H,3-4,7-8,11H2,1-2H3,(H,22,24)(H2,21,23,26);1H. The van der Waals surface area contributed by atoms with Crippen LogP contribution in [-0.4, -0.2) is 35.6 Å². The monoisotopic (exact) mass is 528 g/mol. The Hall–Kier alpha value is -1.63. The molecule has 0 unspecified atom stereocenters. The number of aromatic nitrogens is 2. The highest BCUT2D eigenvalue weighted by Gasteiger charge is 2.30. The first-order chi connectivity index (χ1) is 12.9. The summed E-state index contributed by atoms with van der Waals surface area (Å²) < 4.78 is 37.5. The van der Waals surface area contributed by atoms with Gasteiger partial charge in [-0.05, 0) is 32.4 Å². The smallest absolute Gasteiger partial charge is 0.370 e. The van der Waals surface area contributed by atoms with Gasteiger partial charge in [-0.3, -0.25) is 0 Å². The highest BCUT2D eigenvalue weighted by Crippen LogP contribution is 2.28. The molecule has 0 spiro atoms. The zero-order chi connectivity index (χ0) is 19.7. The van der Waals surface area contributed by atoms with Crippen LogP contribution in [0, 0.1) is 6.92 Å². The molecule has 2 aromatic rings. The van der Waals surface area contributed by atoms with Crippen LogP contribution in [-0.2, 0) is 12.7 Å². The highest BCUT2D eigenvalue weighted by atomic mass is 127. The Kier molecular flexibility index (Phi) is 10.5. The maximum absolute atomic E-state index is 12.5. The summed E-state index contributed by atoms with van der Waals surface area (Å²) >= 11 is 1.62. The largest absolute Gasteiger partial charge is 0.417 e. The third kappa shape index (κ3) is 8.59. The van der Waals surface area contributed by atoms with Crippen LogP contribution in [0.25, 0.3) is 0 Å². The second kappa shape index (κ2) is 12.0. The van der Waals surface area contributed by atoms with E-state index in [4.69, 9.17) is 0 Å². The Morgan fingerprint density at radius 3 is 2.50 bits per heavy atom. The summed E-state index contributed by atoms with van der Waals surface area (Å²) in [5, 5.41) is 10.3. The maximum atomic E-state index is 12.5. The Balaban J connectivity index is 0.00000392. The van der Waals surface area contributed by atoms with Crippen LogP contribution in [0.4, 0.5) is 19.0 Å². The summed E-state index contributed by atoms with van der Waals surface area (Å²) in [6, 6.07) is 2.35. The molecule has 0 aliphatic rings. The van der Waals surface area contributed by atoms with Crippen molar-refractivity contribution >= 4 is 47.1 Å². The van der Waals surface area contributed by atoms with Crippen molar-refractivity contribution < 1.29 is 13.2 Å². The molecule has 2 aromatic heterocycles. The van der Waals surface area contributed by atoms with Crippen molar-refractivity contribution in [2.75, 3.05) is 25.0 Å². The molecule has 2 rings (SSSR count). The van der Waals surface area contributed by atoms with Gasteiger partial charge in [0.15, 0.2) is 5.96 Å². The number of aliphatic imine (C=N–C) groups is 1. The molecular weight excluding hydrogens is 504 g/mol. The minimum Gasteiger partial charge on any atom is -0.370 e. The third-order valence-electron chi connectivity index (χ3n) is 3.43. The van der Waals surface area contributed by atoms with Crippen molar-refractivity contribution in [2.24, 2.45) is 4.99 Å². The van der Waals surface area contributed by atoms with Crippen molar-refractivity contribution in [1.82, 2.24) is 20.6 Å². The van der Waals surface area contributed by atoms with Crippen LogP contribution in [0.1, 0.15) is 28.8 Å². The average molecular weight is 528 g/mol. The molecule has 0 radical (unpaired) electrons. The normalized spacial score (nSPS) is 11.7. The van der Waals surface area contributed by atoms with Crippen molar-refractivity contribution in [3.63, 3.8) is 0 Å². The van der Waals surface area contributed by atoms with Gasteiger partial charge in [-0.15, -0.1) is 35.3 Å². The van der Waals surface area contributed by atoms with Gasteiger partial charge in [-0.1, -0.05) is 0 Å². The van der Waals surface area contributed by atoms with Crippen LogP contribution in [0.15, 0.2) is 29.5 Å². The fourth-order valence-electron chi connectivity index (χ4n) is 2.14. The van der Waals surface area contributed by atoms with E-state index in [0.717, 1.165) is 35.1 Å². The number of hydrogen-bond donors (Lipinski definition) is 3. The molecule has 0 saturated heterocycles. The number of anilines is 1. The van der Waals surface area contributed by atoms with E-state index in [9.17, 15) is 13.2 Å². The van der Waals surface area contributed by atoms with Crippen molar-refractivity contribution in [3.8, 4) is 0 Å². The van der Waals surface area contributed by atoms with Crippen molar-refractivity contribution in [3.05, 3.63) is 40.0 Å². The Labute approximate surface area is 183 Å². The molecule has 0 amide bonds. The Bertz CT molecular complexity index is 733. The molecule has 28 heavy (non-hydrogen) atoms. The lowest BCUT2D eigenvalue weighted by atomic mass is 10.3. The number of alkyl halides is 3. The topological polar surface area (TPSA) is 74.2 Å². The van der Waals surface area contributed by atoms with Crippen LogP contribution in [0.3, 0.4) is 0 Å². The van der Waals surface area contributed by atoms with Gasteiger partial charge < -0.3 is 16.0 Å². The zero-order valence-corrected chi connectivity index (χ0v) is 18.8. The van der Waals surface area contributed by atoms with Gasteiger partial charge in [-0.2, -0.15) is 13.2 Å². The molecule has 156 valence electrons. The molecule has 0 aliphatic heterocycles. The van der Waals surface area contributed by atoms with Gasteiger partial charge >= 0.3 is 6.18 Å². The Morgan fingerprint density at radius 2 is 1.93 bits per heavy atom. The second-order valence-electron chi connectivity index (χ2n) is 5.70. The van der Waals surface area contributed by atoms with Gasteiger partial charge in [0.25, 0.3) is 0 Å².